The first-order valence-corrected chi connectivity index (χ1v) is 6.80. The average Bonchev–Trinajstić information content (AvgIpc) is 2.90. The Bertz CT molecular complexity index is 831. The zero-order chi connectivity index (χ0) is 15.0. The van der Waals surface area contributed by atoms with E-state index in [2.05, 4.69) is 25.3 Å². The van der Waals surface area contributed by atoms with E-state index in [4.69, 9.17) is 34.8 Å². The minimum Gasteiger partial charge on any atom is -0.334 e. The van der Waals surface area contributed by atoms with Gasteiger partial charge < -0.3 is 10.3 Å². The molecule has 2 heterocycles. The van der Waals surface area contributed by atoms with E-state index in [1.165, 1.54) is 12.4 Å². The zero-order valence-corrected chi connectivity index (χ0v) is 12.5. The maximum Gasteiger partial charge on any atom is 0.291 e. The fraction of sp³-hybridized carbons (Fsp3) is 0. The summed E-state index contributed by atoms with van der Waals surface area (Å²) in [4.78, 5) is 26.6. The topological polar surface area (TPSA) is 83.6 Å². The second kappa shape index (κ2) is 5.48. The summed E-state index contributed by atoms with van der Waals surface area (Å²) in [6.07, 6.45) is 2.78. The maximum absolute atomic E-state index is 12.1. The number of rotatable bonds is 2. The third-order valence-electron chi connectivity index (χ3n) is 2.64. The minimum atomic E-state index is -0.454. The van der Waals surface area contributed by atoms with Crippen molar-refractivity contribution in [2.24, 2.45) is 0 Å². The zero-order valence-electron chi connectivity index (χ0n) is 10.2. The van der Waals surface area contributed by atoms with E-state index in [0.717, 1.165) is 0 Å². The number of fused-ring (bicyclic) bond motifs is 1. The van der Waals surface area contributed by atoms with Crippen LogP contribution in [0.1, 0.15) is 10.6 Å². The largest absolute Gasteiger partial charge is 0.334 e. The number of carbonyl (C=O) groups excluding carboxylic acids is 1. The molecule has 0 bridgehead atoms. The van der Waals surface area contributed by atoms with Gasteiger partial charge in [0.1, 0.15) is 5.52 Å². The predicted octanol–water partition coefficient (Wildman–Crippen LogP) is 3.57. The molecule has 2 aromatic heterocycles. The molecular weight excluding hydrogens is 337 g/mol. The number of nitrogens with zero attached hydrogens (tertiary/aromatic N) is 3. The average molecular weight is 343 g/mol. The molecule has 3 aromatic rings. The van der Waals surface area contributed by atoms with Gasteiger partial charge in [0, 0.05) is 0 Å². The molecular formula is C12H6Cl3N5O. The molecule has 0 unspecified atom stereocenters. The van der Waals surface area contributed by atoms with Gasteiger partial charge in [-0.15, -0.1) is 0 Å². The van der Waals surface area contributed by atoms with Crippen molar-refractivity contribution in [2.75, 3.05) is 5.32 Å². The lowest BCUT2D eigenvalue weighted by molar-refractivity contribution is 0.101. The van der Waals surface area contributed by atoms with E-state index >= 15 is 0 Å². The summed E-state index contributed by atoms with van der Waals surface area (Å²) in [5.74, 6) is -0.353. The Morgan fingerprint density at radius 2 is 1.86 bits per heavy atom. The lowest BCUT2D eigenvalue weighted by Crippen LogP contribution is -2.14. The molecule has 0 saturated carbocycles. The van der Waals surface area contributed by atoms with Crippen molar-refractivity contribution >= 4 is 57.4 Å². The van der Waals surface area contributed by atoms with E-state index in [-0.39, 0.29) is 11.1 Å². The van der Waals surface area contributed by atoms with Gasteiger partial charge in [-0.3, -0.25) is 4.79 Å². The Balaban J connectivity index is 1.91. The summed E-state index contributed by atoms with van der Waals surface area (Å²) < 4.78 is 0. The number of aromatic amines is 1. The van der Waals surface area contributed by atoms with Crippen LogP contribution in [-0.4, -0.2) is 25.8 Å². The van der Waals surface area contributed by atoms with Gasteiger partial charge in [0.25, 0.3) is 5.91 Å². The van der Waals surface area contributed by atoms with E-state index in [1.807, 2.05) is 0 Å². The number of benzene rings is 1. The third-order valence-corrected chi connectivity index (χ3v) is 3.63. The van der Waals surface area contributed by atoms with Crippen molar-refractivity contribution < 1.29 is 4.79 Å². The molecule has 9 heteroatoms. The Morgan fingerprint density at radius 1 is 1.14 bits per heavy atom. The fourth-order valence-electron chi connectivity index (χ4n) is 1.69. The normalized spacial score (nSPS) is 10.8. The van der Waals surface area contributed by atoms with Crippen molar-refractivity contribution in [1.29, 1.82) is 0 Å². The van der Waals surface area contributed by atoms with Crippen molar-refractivity contribution in [3.8, 4) is 0 Å². The van der Waals surface area contributed by atoms with Gasteiger partial charge in [-0.05, 0) is 23.7 Å². The summed E-state index contributed by atoms with van der Waals surface area (Å²) in [6.45, 7) is 0. The SMILES string of the molecule is O=C(Nc1cnc(Cl)nc1)c1nc2c(Cl)c(Cl)ccc2[nH]1. The minimum absolute atomic E-state index is 0.0955. The van der Waals surface area contributed by atoms with Gasteiger partial charge in [0.15, 0.2) is 5.82 Å². The number of imidazole rings is 1. The van der Waals surface area contributed by atoms with Crippen molar-refractivity contribution in [3.05, 3.63) is 45.7 Å². The maximum atomic E-state index is 12.1. The van der Waals surface area contributed by atoms with Crippen LogP contribution in [0.25, 0.3) is 11.0 Å². The van der Waals surface area contributed by atoms with Crippen LogP contribution in [0.3, 0.4) is 0 Å². The fourth-order valence-corrected chi connectivity index (χ4v) is 2.15. The van der Waals surface area contributed by atoms with Gasteiger partial charge in [-0.2, -0.15) is 0 Å². The van der Waals surface area contributed by atoms with Crippen LogP contribution in [0.5, 0.6) is 0 Å². The molecule has 1 aromatic carbocycles. The van der Waals surface area contributed by atoms with E-state index in [0.29, 0.717) is 26.8 Å². The van der Waals surface area contributed by atoms with Crippen LogP contribution in [-0.2, 0) is 0 Å². The quantitative estimate of drug-likeness (QED) is 0.697. The van der Waals surface area contributed by atoms with Crippen molar-refractivity contribution in [2.45, 2.75) is 0 Å². The number of carbonyl (C=O) groups is 1. The standard InChI is InChI=1S/C12H6Cl3N5O/c13-6-1-2-7-9(8(6)14)20-10(19-7)11(21)18-5-3-16-12(15)17-4-5/h1-4H,(H,18,21)(H,19,20). The highest BCUT2D eigenvalue weighted by atomic mass is 35.5. The van der Waals surface area contributed by atoms with Crippen molar-refractivity contribution in [3.63, 3.8) is 0 Å². The van der Waals surface area contributed by atoms with Crippen LogP contribution in [0.15, 0.2) is 24.5 Å². The smallest absolute Gasteiger partial charge is 0.291 e. The van der Waals surface area contributed by atoms with Crippen LogP contribution >= 0.6 is 34.8 Å². The third kappa shape index (κ3) is 2.78. The summed E-state index contributed by atoms with van der Waals surface area (Å²) in [7, 11) is 0. The Hall–Kier alpha value is -1.89. The molecule has 0 aliphatic heterocycles. The molecule has 3 rings (SSSR count). The lowest BCUT2D eigenvalue weighted by atomic mass is 10.3. The van der Waals surface area contributed by atoms with E-state index in [9.17, 15) is 4.79 Å². The molecule has 0 radical (unpaired) electrons. The van der Waals surface area contributed by atoms with Gasteiger partial charge in [0.05, 0.1) is 33.6 Å². The molecule has 21 heavy (non-hydrogen) atoms. The summed E-state index contributed by atoms with van der Waals surface area (Å²) in [6, 6.07) is 3.32. The number of aromatic nitrogens is 4. The van der Waals surface area contributed by atoms with Crippen LogP contribution < -0.4 is 5.32 Å². The molecule has 6 nitrogen and oxygen atoms in total. The molecule has 0 spiro atoms. The molecule has 0 saturated heterocycles. The molecule has 106 valence electrons. The Labute approximate surface area is 133 Å². The van der Waals surface area contributed by atoms with Crippen LogP contribution in [0.2, 0.25) is 15.3 Å². The summed E-state index contributed by atoms with van der Waals surface area (Å²) in [5, 5.41) is 3.34. The summed E-state index contributed by atoms with van der Waals surface area (Å²) >= 11 is 17.5. The highest BCUT2D eigenvalue weighted by Gasteiger charge is 2.15. The molecule has 0 atom stereocenters. The second-order valence-corrected chi connectivity index (χ2v) is 5.16. The monoisotopic (exact) mass is 341 g/mol. The predicted molar refractivity (Wildman–Crippen MR) is 81.1 cm³/mol. The van der Waals surface area contributed by atoms with Gasteiger partial charge in [-0.25, -0.2) is 15.0 Å². The molecule has 2 N–H and O–H groups in total. The first-order valence-electron chi connectivity index (χ1n) is 5.67. The van der Waals surface area contributed by atoms with E-state index < -0.39 is 5.91 Å². The van der Waals surface area contributed by atoms with E-state index in [1.54, 1.807) is 12.1 Å². The molecule has 1 amide bonds. The van der Waals surface area contributed by atoms with Crippen LogP contribution in [0, 0.1) is 0 Å². The molecule has 0 aliphatic rings. The lowest BCUT2D eigenvalue weighted by Gasteiger charge is -2.01. The Morgan fingerprint density at radius 3 is 2.57 bits per heavy atom. The van der Waals surface area contributed by atoms with Crippen molar-refractivity contribution in [1.82, 2.24) is 19.9 Å². The number of amides is 1. The summed E-state index contributed by atoms with van der Waals surface area (Å²) in [5.41, 5.74) is 1.44. The first-order chi connectivity index (χ1) is 10.0. The first kappa shape index (κ1) is 14.1. The Kier molecular flexibility index (Phi) is 3.67. The molecule has 0 aliphatic carbocycles. The molecule has 0 fully saturated rings. The number of hydrogen-bond acceptors (Lipinski definition) is 4. The highest BCUT2D eigenvalue weighted by molar-refractivity contribution is 6.45. The number of H-pyrrole nitrogens is 1. The van der Waals surface area contributed by atoms with Gasteiger partial charge >= 0.3 is 0 Å². The highest BCUT2D eigenvalue weighted by Crippen LogP contribution is 2.29. The van der Waals surface area contributed by atoms with Gasteiger partial charge in [-0.1, -0.05) is 23.2 Å². The number of halogens is 3. The van der Waals surface area contributed by atoms with Crippen LogP contribution in [0.4, 0.5) is 5.69 Å². The number of nitrogens with one attached hydrogen (secondary N) is 2. The number of hydrogen-bond donors (Lipinski definition) is 2. The number of anilines is 1. The van der Waals surface area contributed by atoms with Gasteiger partial charge in [0.2, 0.25) is 5.28 Å². The second-order valence-electron chi connectivity index (χ2n) is 4.04.